The quantitative estimate of drug-likeness (QED) is 0.837. The average molecular weight is 297 g/mol. The molecule has 0 bridgehead atoms. The molecule has 1 aromatic carbocycles. The Balaban J connectivity index is 1.79. The highest BCUT2D eigenvalue weighted by atomic mass is 35.5. The standard InChI is InChI=1S/C16H25ClN2O/c1-18-16(13-5-7-14(17)8-6-13)9-10-19(2)12-15-4-3-11-20-15/h5-8,15-16,18H,3-4,9-12H2,1-2H3. The summed E-state index contributed by atoms with van der Waals surface area (Å²) in [6.07, 6.45) is 3.93. The van der Waals surface area contributed by atoms with Crippen LogP contribution in [0.25, 0.3) is 0 Å². The van der Waals surface area contributed by atoms with Crippen molar-refractivity contribution in [3.8, 4) is 0 Å². The first kappa shape index (κ1) is 15.8. The van der Waals surface area contributed by atoms with E-state index in [1.54, 1.807) is 0 Å². The highest BCUT2D eigenvalue weighted by Gasteiger charge is 2.18. The van der Waals surface area contributed by atoms with Crippen LogP contribution >= 0.6 is 11.6 Å². The molecule has 1 aliphatic rings. The Morgan fingerprint density at radius 2 is 2.15 bits per heavy atom. The Bertz CT molecular complexity index is 390. The molecule has 1 fully saturated rings. The first-order valence-electron chi connectivity index (χ1n) is 7.42. The van der Waals surface area contributed by atoms with Crippen LogP contribution in [0, 0.1) is 0 Å². The Morgan fingerprint density at radius 1 is 1.40 bits per heavy atom. The monoisotopic (exact) mass is 296 g/mol. The molecule has 3 nitrogen and oxygen atoms in total. The molecule has 2 unspecified atom stereocenters. The lowest BCUT2D eigenvalue weighted by Crippen LogP contribution is -2.31. The fourth-order valence-electron chi connectivity index (χ4n) is 2.75. The molecule has 2 atom stereocenters. The van der Waals surface area contributed by atoms with E-state index in [1.807, 2.05) is 19.2 Å². The second-order valence-electron chi connectivity index (χ2n) is 5.58. The third kappa shape index (κ3) is 4.74. The third-order valence-electron chi connectivity index (χ3n) is 3.96. The maximum absolute atomic E-state index is 5.94. The number of halogens is 1. The molecule has 2 rings (SSSR count). The van der Waals surface area contributed by atoms with Crippen molar-refractivity contribution >= 4 is 11.6 Å². The Hall–Kier alpha value is -0.610. The van der Waals surface area contributed by atoms with Gasteiger partial charge in [-0.25, -0.2) is 0 Å². The van der Waals surface area contributed by atoms with E-state index < -0.39 is 0 Å². The van der Waals surface area contributed by atoms with Gasteiger partial charge in [0.1, 0.15) is 0 Å². The summed E-state index contributed by atoms with van der Waals surface area (Å²) in [5.41, 5.74) is 1.29. The van der Waals surface area contributed by atoms with Gasteiger partial charge in [-0.05, 0) is 57.6 Å². The van der Waals surface area contributed by atoms with Gasteiger partial charge in [0.2, 0.25) is 0 Å². The van der Waals surface area contributed by atoms with Gasteiger partial charge in [0.15, 0.2) is 0 Å². The molecule has 1 saturated heterocycles. The van der Waals surface area contributed by atoms with Gasteiger partial charge < -0.3 is 15.0 Å². The molecule has 0 saturated carbocycles. The summed E-state index contributed by atoms with van der Waals surface area (Å²) in [6.45, 7) is 3.04. The van der Waals surface area contributed by atoms with Crippen LogP contribution < -0.4 is 5.32 Å². The van der Waals surface area contributed by atoms with Crippen molar-refractivity contribution in [1.29, 1.82) is 0 Å². The number of likely N-dealkylation sites (N-methyl/N-ethyl adjacent to an activating group) is 1. The van der Waals surface area contributed by atoms with Crippen LogP contribution in [0.1, 0.15) is 30.9 Å². The van der Waals surface area contributed by atoms with Crippen LogP contribution in [0.4, 0.5) is 0 Å². The average Bonchev–Trinajstić information content (AvgIpc) is 2.94. The van der Waals surface area contributed by atoms with E-state index in [-0.39, 0.29) is 0 Å². The Labute approximate surface area is 127 Å². The minimum Gasteiger partial charge on any atom is -0.377 e. The molecule has 0 spiro atoms. The first-order chi connectivity index (χ1) is 9.69. The molecule has 0 amide bonds. The van der Waals surface area contributed by atoms with Crippen molar-refractivity contribution in [2.24, 2.45) is 0 Å². The van der Waals surface area contributed by atoms with Gasteiger partial charge in [0.25, 0.3) is 0 Å². The van der Waals surface area contributed by atoms with Crippen LogP contribution in [0.5, 0.6) is 0 Å². The van der Waals surface area contributed by atoms with E-state index in [2.05, 4.69) is 29.4 Å². The normalized spacial score (nSPS) is 20.5. The lowest BCUT2D eigenvalue weighted by Gasteiger charge is -2.23. The number of nitrogens with one attached hydrogen (secondary N) is 1. The van der Waals surface area contributed by atoms with Crippen molar-refractivity contribution in [1.82, 2.24) is 10.2 Å². The lowest BCUT2D eigenvalue weighted by atomic mass is 10.0. The highest BCUT2D eigenvalue weighted by Crippen LogP contribution is 2.20. The molecule has 4 heteroatoms. The number of ether oxygens (including phenoxy) is 1. The number of hydrogen-bond donors (Lipinski definition) is 1. The van der Waals surface area contributed by atoms with Gasteiger partial charge in [-0.2, -0.15) is 0 Å². The fraction of sp³-hybridized carbons (Fsp3) is 0.625. The van der Waals surface area contributed by atoms with Gasteiger partial charge in [-0.1, -0.05) is 23.7 Å². The predicted octanol–water partition coefficient (Wildman–Crippen LogP) is 3.10. The molecule has 112 valence electrons. The topological polar surface area (TPSA) is 24.5 Å². The van der Waals surface area contributed by atoms with Gasteiger partial charge in [0.05, 0.1) is 6.10 Å². The third-order valence-corrected chi connectivity index (χ3v) is 4.21. The number of benzene rings is 1. The summed E-state index contributed by atoms with van der Waals surface area (Å²) in [5.74, 6) is 0. The second-order valence-corrected chi connectivity index (χ2v) is 6.02. The van der Waals surface area contributed by atoms with Crippen molar-refractivity contribution in [3.05, 3.63) is 34.9 Å². The maximum atomic E-state index is 5.94. The van der Waals surface area contributed by atoms with Gasteiger partial charge in [-0.3, -0.25) is 0 Å². The maximum Gasteiger partial charge on any atom is 0.0702 e. The molecule has 0 radical (unpaired) electrons. The molecule has 1 heterocycles. The summed E-state index contributed by atoms with van der Waals surface area (Å²) in [7, 11) is 4.19. The van der Waals surface area contributed by atoms with Gasteiger partial charge in [0, 0.05) is 24.2 Å². The van der Waals surface area contributed by atoms with Crippen LogP contribution in [0.15, 0.2) is 24.3 Å². The van der Waals surface area contributed by atoms with E-state index in [9.17, 15) is 0 Å². The zero-order valence-electron chi connectivity index (χ0n) is 12.4. The van der Waals surface area contributed by atoms with E-state index in [1.165, 1.54) is 18.4 Å². The molecule has 1 aliphatic heterocycles. The molecule has 20 heavy (non-hydrogen) atoms. The van der Waals surface area contributed by atoms with E-state index in [0.29, 0.717) is 12.1 Å². The second kappa shape index (κ2) is 7.99. The van der Waals surface area contributed by atoms with Crippen molar-refractivity contribution < 1.29 is 4.74 Å². The zero-order valence-corrected chi connectivity index (χ0v) is 13.2. The molecule has 1 aromatic rings. The van der Waals surface area contributed by atoms with Crippen LogP contribution in [0.3, 0.4) is 0 Å². The number of hydrogen-bond acceptors (Lipinski definition) is 3. The number of rotatable bonds is 7. The largest absolute Gasteiger partial charge is 0.377 e. The molecular weight excluding hydrogens is 272 g/mol. The molecule has 1 N–H and O–H groups in total. The minimum absolute atomic E-state index is 0.374. The van der Waals surface area contributed by atoms with Crippen molar-refractivity contribution in [3.63, 3.8) is 0 Å². The summed E-state index contributed by atoms with van der Waals surface area (Å²) >= 11 is 5.94. The van der Waals surface area contributed by atoms with E-state index in [4.69, 9.17) is 16.3 Å². The van der Waals surface area contributed by atoms with Gasteiger partial charge in [-0.15, -0.1) is 0 Å². The van der Waals surface area contributed by atoms with Gasteiger partial charge >= 0.3 is 0 Å². The minimum atomic E-state index is 0.374. The summed E-state index contributed by atoms with van der Waals surface area (Å²) in [6, 6.07) is 8.49. The number of nitrogens with zero attached hydrogens (tertiary/aromatic N) is 1. The molecular formula is C16H25ClN2O. The first-order valence-corrected chi connectivity index (χ1v) is 7.79. The lowest BCUT2D eigenvalue weighted by molar-refractivity contribution is 0.0801. The van der Waals surface area contributed by atoms with Crippen LogP contribution in [-0.2, 0) is 4.74 Å². The molecule has 0 aliphatic carbocycles. The predicted molar refractivity (Wildman–Crippen MR) is 84.3 cm³/mol. The molecule has 0 aromatic heterocycles. The van der Waals surface area contributed by atoms with E-state index in [0.717, 1.165) is 31.1 Å². The summed E-state index contributed by atoms with van der Waals surface area (Å²) in [4.78, 5) is 2.37. The Morgan fingerprint density at radius 3 is 2.75 bits per heavy atom. The van der Waals surface area contributed by atoms with E-state index >= 15 is 0 Å². The van der Waals surface area contributed by atoms with Crippen molar-refractivity contribution in [2.75, 3.05) is 33.8 Å². The summed E-state index contributed by atoms with van der Waals surface area (Å²) in [5, 5.41) is 4.18. The van der Waals surface area contributed by atoms with Crippen LogP contribution in [-0.4, -0.2) is 44.8 Å². The smallest absolute Gasteiger partial charge is 0.0702 e. The zero-order chi connectivity index (χ0) is 14.4. The fourth-order valence-corrected chi connectivity index (χ4v) is 2.88. The highest BCUT2D eigenvalue weighted by molar-refractivity contribution is 6.30. The SMILES string of the molecule is CNC(CCN(C)CC1CCCO1)c1ccc(Cl)cc1. The summed E-state index contributed by atoms with van der Waals surface area (Å²) < 4.78 is 5.68. The van der Waals surface area contributed by atoms with Crippen molar-refractivity contribution in [2.45, 2.75) is 31.4 Å². The Kier molecular flexibility index (Phi) is 6.30. The van der Waals surface area contributed by atoms with Crippen LogP contribution in [0.2, 0.25) is 5.02 Å².